The Kier molecular flexibility index (Phi) is 5.94. The topological polar surface area (TPSA) is 79.3 Å². The summed E-state index contributed by atoms with van der Waals surface area (Å²) in [5, 5.41) is 11.3. The predicted molar refractivity (Wildman–Crippen MR) is 126 cm³/mol. The molecular formula is C27H26N2O5. The van der Waals surface area contributed by atoms with Gasteiger partial charge in [0.15, 0.2) is 0 Å². The standard InChI is InChI=1S/C27H26N2O5/c1-18-24(25(20-8-4-2-5-9-20)29(34-18)21-10-6-3-7-11-21)26(31)28-22(17-33-27(28)32)16-19-12-14-23(30)15-13-19/h2-15,18,22,24-25,30H,16-17H2,1H3/t18-,22-,24-,25-/m0/s1. The van der Waals surface area contributed by atoms with E-state index in [1.165, 1.54) is 4.90 Å². The van der Waals surface area contributed by atoms with Gasteiger partial charge in [-0.1, -0.05) is 60.7 Å². The maximum absolute atomic E-state index is 14.0. The second-order valence-corrected chi connectivity index (χ2v) is 8.66. The Labute approximate surface area is 198 Å². The van der Waals surface area contributed by atoms with Crippen molar-refractivity contribution < 1.29 is 24.3 Å². The third-order valence-electron chi connectivity index (χ3n) is 6.42. The van der Waals surface area contributed by atoms with Crippen LogP contribution >= 0.6 is 0 Å². The summed E-state index contributed by atoms with van der Waals surface area (Å²) in [5.74, 6) is -0.763. The number of carbonyl (C=O) groups is 2. The van der Waals surface area contributed by atoms with E-state index in [0.717, 1.165) is 16.8 Å². The molecule has 34 heavy (non-hydrogen) atoms. The SMILES string of the molecule is C[C@@H]1ON(c2ccccc2)[C@@H](c2ccccc2)[C@H]1C(=O)N1C(=O)OC[C@@H]1Cc1ccc(O)cc1. The summed E-state index contributed by atoms with van der Waals surface area (Å²) in [5.41, 5.74) is 2.67. The number of imide groups is 1. The van der Waals surface area contributed by atoms with Crippen LogP contribution in [0.1, 0.15) is 24.1 Å². The molecule has 4 atom stereocenters. The van der Waals surface area contributed by atoms with E-state index in [0.29, 0.717) is 6.42 Å². The van der Waals surface area contributed by atoms with Crippen LogP contribution in [0.4, 0.5) is 10.5 Å². The molecule has 2 amide bonds. The highest BCUT2D eigenvalue weighted by atomic mass is 16.7. The number of rotatable bonds is 5. The molecule has 0 aliphatic carbocycles. The van der Waals surface area contributed by atoms with E-state index in [-0.39, 0.29) is 18.3 Å². The molecule has 2 aliphatic heterocycles. The number of benzene rings is 3. The number of phenolic OH excluding ortho intramolecular Hbond substituents is 1. The number of hydrogen-bond donors (Lipinski definition) is 1. The van der Waals surface area contributed by atoms with Crippen LogP contribution in [0.15, 0.2) is 84.9 Å². The zero-order chi connectivity index (χ0) is 23.7. The fourth-order valence-corrected chi connectivity index (χ4v) is 4.78. The zero-order valence-electron chi connectivity index (χ0n) is 18.8. The van der Waals surface area contributed by atoms with Crippen LogP contribution in [-0.2, 0) is 20.8 Å². The third kappa shape index (κ3) is 4.10. The molecule has 7 nitrogen and oxygen atoms in total. The lowest BCUT2D eigenvalue weighted by Crippen LogP contribution is -2.46. The molecule has 3 aromatic rings. The van der Waals surface area contributed by atoms with Gasteiger partial charge in [-0.2, -0.15) is 0 Å². The maximum Gasteiger partial charge on any atom is 0.416 e. The smallest absolute Gasteiger partial charge is 0.416 e. The molecule has 2 heterocycles. The summed E-state index contributed by atoms with van der Waals surface area (Å²) in [7, 11) is 0. The fourth-order valence-electron chi connectivity index (χ4n) is 4.78. The Hall–Kier alpha value is -3.84. The minimum absolute atomic E-state index is 0.131. The van der Waals surface area contributed by atoms with Gasteiger partial charge < -0.3 is 9.84 Å². The van der Waals surface area contributed by atoms with Crippen molar-refractivity contribution in [1.29, 1.82) is 0 Å². The number of ether oxygens (including phenoxy) is 1. The molecule has 174 valence electrons. The molecule has 2 saturated heterocycles. The van der Waals surface area contributed by atoms with E-state index >= 15 is 0 Å². The lowest BCUT2D eigenvalue weighted by atomic mass is 9.88. The highest BCUT2D eigenvalue weighted by Gasteiger charge is 2.51. The number of hydrogen-bond acceptors (Lipinski definition) is 6. The molecule has 7 heteroatoms. The van der Waals surface area contributed by atoms with Crippen LogP contribution in [0.5, 0.6) is 5.75 Å². The summed E-state index contributed by atoms with van der Waals surface area (Å²) in [6, 6.07) is 25.3. The summed E-state index contributed by atoms with van der Waals surface area (Å²) >= 11 is 0. The van der Waals surface area contributed by atoms with E-state index in [4.69, 9.17) is 9.57 Å². The number of carbonyl (C=O) groups excluding carboxylic acids is 2. The van der Waals surface area contributed by atoms with Gasteiger partial charge in [-0.3, -0.25) is 9.63 Å². The third-order valence-corrected chi connectivity index (χ3v) is 6.42. The van der Waals surface area contributed by atoms with Gasteiger partial charge in [-0.15, -0.1) is 0 Å². The Balaban J connectivity index is 1.47. The monoisotopic (exact) mass is 458 g/mol. The van der Waals surface area contributed by atoms with Gasteiger partial charge in [0.25, 0.3) is 0 Å². The highest BCUT2D eigenvalue weighted by molar-refractivity contribution is 5.96. The van der Waals surface area contributed by atoms with Crippen molar-refractivity contribution in [1.82, 2.24) is 4.90 Å². The molecule has 2 fully saturated rings. The fraction of sp³-hybridized carbons (Fsp3) is 0.259. The van der Waals surface area contributed by atoms with Gasteiger partial charge in [0.1, 0.15) is 12.4 Å². The van der Waals surface area contributed by atoms with Crippen molar-refractivity contribution in [2.24, 2.45) is 5.92 Å². The number of aromatic hydroxyl groups is 1. The summed E-state index contributed by atoms with van der Waals surface area (Å²) in [6.45, 7) is 1.99. The molecule has 0 aromatic heterocycles. The average molecular weight is 459 g/mol. The second kappa shape index (κ2) is 9.19. The van der Waals surface area contributed by atoms with Gasteiger partial charge in [-0.25, -0.2) is 14.8 Å². The predicted octanol–water partition coefficient (Wildman–Crippen LogP) is 4.48. The largest absolute Gasteiger partial charge is 0.508 e. The molecule has 0 saturated carbocycles. The first kappa shape index (κ1) is 22.0. The van der Waals surface area contributed by atoms with E-state index in [2.05, 4.69) is 0 Å². The zero-order valence-corrected chi connectivity index (χ0v) is 18.8. The Bertz CT molecular complexity index is 1150. The number of phenols is 1. The summed E-state index contributed by atoms with van der Waals surface area (Å²) in [6.07, 6.45) is -0.649. The number of para-hydroxylation sites is 1. The normalized spacial score (nSPS) is 24.3. The van der Waals surface area contributed by atoms with E-state index in [1.54, 1.807) is 29.3 Å². The van der Waals surface area contributed by atoms with Crippen molar-refractivity contribution in [2.45, 2.75) is 31.5 Å². The average Bonchev–Trinajstić information content (AvgIpc) is 3.40. The van der Waals surface area contributed by atoms with Gasteiger partial charge in [0, 0.05) is 0 Å². The van der Waals surface area contributed by atoms with Crippen molar-refractivity contribution in [3.63, 3.8) is 0 Å². The molecule has 5 rings (SSSR count). The van der Waals surface area contributed by atoms with Crippen LogP contribution in [0.3, 0.4) is 0 Å². The number of nitrogens with zero attached hydrogens (tertiary/aromatic N) is 2. The lowest BCUT2D eigenvalue weighted by molar-refractivity contribution is -0.135. The Morgan fingerprint density at radius 2 is 1.62 bits per heavy atom. The first-order valence-corrected chi connectivity index (χ1v) is 11.4. The van der Waals surface area contributed by atoms with Gasteiger partial charge in [-0.05, 0) is 48.7 Å². The lowest BCUT2D eigenvalue weighted by Gasteiger charge is -2.29. The van der Waals surface area contributed by atoms with Crippen molar-refractivity contribution in [3.8, 4) is 5.75 Å². The molecule has 3 aromatic carbocycles. The molecule has 0 unspecified atom stereocenters. The maximum atomic E-state index is 14.0. The number of anilines is 1. The van der Waals surface area contributed by atoms with Crippen LogP contribution in [0.2, 0.25) is 0 Å². The van der Waals surface area contributed by atoms with E-state index < -0.39 is 30.2 Å². The highest BCUT2D eigenvalue weighted by Crippen LogP contribution is 2.43. The molecule has 0 radical (unpaired) electrons. The van der Waals surface area contributed by atoms with Gasteiger partial charge >= 0.3 is 6.09 Å². The van der Waals surface area contributed by atoms with Crippen LogP contribution in [0, 0.1) is 5.92 Å². The van der Waals surface area contributed by atoms with E-state index in [1.807, 2.05) is 67.6 Å². The van der Waals surface area contributed by atoms with Gasteiger partial charge in [0.05, 0.1) is 29.8 Å². The van der Waals surface area contributed by atoms with Crippen molar-refractivity contribution >= 4 is 17.7 Å². The van der Waals surface area contributed by atoms with Crippen LogP contribution in [-0.4, -0.2) is 40.8 Å². The minimum Gasteiger partial charge on any atom is -0.508 e. The molecular weight excluding hydrogens is 432 g/mol. The summed E-state index contributed by atoms with van der Waals surface area (Å²) < 4.78 is 5.30. The first-order chi connectivity index (χ1) is 16.5. The van der Waals surface area contributed by atoms with E-state index in [9.17, 15) is 14.7 Å². The Morgan fingerprint density at radius 3 is 2.29 bits per heavy atom. The number of cyclic esters (lactones) is 1. The number of amides is 2. The van der Waals surface area contributed by atoms with Crippen LogP contribution in [0.25, 0.3) is 0 Å². The molecule has 0 spiro atoms. The Morgan fingerprint density at radius 1 is 0.971 bits per heavy atom. The number of hydroxylamine groups is 1. The molecule has 0 bridgehead atoms. The van der Waals surface area contributed by atoms with Crippen LogP contribution < -0.4 is 5.06 Å². The summed E-state index contributed by atoms with van der Waals surface area (Å²) in [4.78, 5) is 34.1. The molecule has 1 N–H and O–H groups in total. The first-order valence-electron chi connectivity index (χ1n) is 11.4. The van der Waals surface area contributed by atoms with Crippen molar-refractivity contribution in [3.05, 3.63) is 96.1 Å². The second-order valence-electron chi connectivity index (χ2n) is 8.66. The quantitative estimate of drug-likeness (QED) is 0.607. The molecule has 2 aliphatic rings. The van der Waals surface area contributed by atoms with Gasteiger partial charge in [0.2, 0.25) is 5.91 Å². The minimum atomic E-state index is -0.633. The van der Waals surface area contributed by atoms with Crippen molar-refractivity contribution in [2.75, 3.05) is 11.7 Å².